The summed E-state index contributed by atoms with van der Waals surface area (Å²) in [4.78, 5) is 12.0. The minimum atomic E-state index is -0.581. The van der Waals surface area contributed by atoms with Crippen LogP contribution in [0.4, 0.5) is 0 Å². The van der Waals surface area contributed by atoms with Gasteiger partial charge in [0.15, 0.2) is 6.10 Å². The van der Waals surface area contributed by atoms with Gasteiger partial charge in [-0.3, -0.25) is 4.79 Å². The maximum atomic E-state index is 12.0. The number of nitrogens with one attached hydrogen (secondary N) is 1. The molecule has 5 heteroatoms. The minimum Gasteiger partial charge on any atom is -0.479 e. The van der Waals surface area contributed by atoms with E-state index in [1.807, 2.05) is 12.1 Å². The average Bonchev–Trinajstić information content (AvgIpc) is 2.47. The van der Waals surface area contributed by atoms with E-state index in [9.17, 15) is 4.79 Å². The number of benzene rings is 1. The molecule has 0 saturated carbocycles. The summed E-state index contributed by atoms with van der Waals surface area (Å²) in [5, 5.41) is 3.38. The van der Waals surface area contributed by atoms with Crippen molar-refractivity contribution in [3.8, 4) is 5.75 Å². The highest BCUT2D eigenvalue weighted by molar-refractivity contribution is 6.32. The zero-order valence-corrected chi connectivity index (χ0v) is 13.6. The highest BCUT2D eigenvalue weighted by Gasteiger charge is 2.17. The van der Waals surface area contributed by atoms with Crippen LogP contribution in [0, 0.1) is 0 Å². The van der Waals surface area contributed by atoms with Crippen LogP contribution in [0.1, 0.15) is 38.7 Å². The van der Waals surface area contributed by atoms with Gasteiger partial charge >= 0.3 is 0 Å². The molecule has 1 aromatic carbocycles. The highest BCUT2D eigenvalue weighted by atomic mass is 35.5. The van der Waals surface area contributed by atoms with Crippen LogP contribution in [-0.4, -0.2) is 25.1 Å². The van der Waals surface area contributed by atoms with Crippen molar-refractivity contribution in [3.05, 3.63) is 28.8 Å². The van der Waals surface area contributed by atoms with Gasteiger partial charge in [0.2, 0.25) is 0 Å². The molecule has 118 valence electrons. The number of carbonyl (C=O) groups excluding carboxylic acids is 1. The molecule has 1 amide bonds. The van der Waals surface area contributed by atoms with E-state index in [1.165, 1.54) is 0 Å². The van der Waals surface area contributed by atoms with E-state index >= 15 is 0 Å². The number of nitrogens with two attached hydrogens (primary N) is 1. The molecule has 0 bridgehead atoms. The number of amides is 1. The van der Waals surface area contributed by atoms with Crippen LogP contribution in [0.2, 0.25) is 5.02 Å². The SMILES string of the molecule is CCCCCNC(=O)C(C)Oc1c(Cl)cccc1CCN. The Morgan fingerprint density at radius 3 is 2.86 bits per heavy atom. The molecule has 1 unspecified atom stereocenters. The molecule has 4 nitrogen and oxygen atoms in total. The number of ether oxygens (including phenoxy) is 1. The normalized spacial score (nSPS) is 12.0. The van der Waals surface area contributed by atoms with Crippen molar-refractivity contribution >= 4 is 17.5 Å². The van der Waals surface area contributed by atoms with Gasteiger partial charge in [0.05, 0.1) is 5.02 Å². The average molecular weight is 313 g/mol. The summed E-state index contributed by atoms with van der Waals surface area (Å²) in [6.45, 7) is 5.04. The molecule has 1 atom stereocenters. The first kappa shape index (κ1) is 17.8. The van der Waals surface area contributed by atoms with Crippen molar-refractivity contribution in [2.24, 2.45) is 5.73 Å². The smallest absolute Gasteiger partial charge is 0.260 e. The molecule has 0 aliphatic heterocycles. The van der Waals surface area contributed by atoms with Crippen LogP contribution in [0.3, 0.4) is 0 Å². The van der Waals surface area contributed by atoms with Crippen LogP contribution >= 0.6 is 11.6 Å². The Balaban J connectivity index is 2.61. The summed E-state index contributed by atoms with van der Waals surface area (Å²) in [5.41, 5.74) is 6.51. The maximum absolute atomic E-state index is 12.0. The number of hydrogen-bond acceptors (Lipinski definition) is 3. The summed E-state index contributed by atoms with van der Waals surface area (Å²) in [6, 6.07) is 5.53. The lowest BCUT2D eigenvalue weighted by Gasteiger charge is -2.18. The second-order valence-electron chi connectivity index (χ2n) is 5.02. The lowest BCUT2D eigenvalue weighted by atomic mass is 10.1. The predicted molar refractivity (Wildman–Crippen MR) is 86.8 cm³/mol. The van der Waals surface area contributed by atoms with Gasteiger partial charge in [0.1, 0.15) is 5.75 Å². The van der Waals surface area contributed by atoms with Gasteiger partial charge in [-0.1, -0.05) is 43.5 Å². The lowest BCUT2D eigenvalue weighted by Crippen LogP contribution is -2.37. The first-order valence-electron chi connectivity index (χ1n) is 7.52. The summed E-state index contributed by atoms with van der Waals surface area (Å²) < 4.78 is 5.75. The molecular formula is C16H25ClN2O2. The fourth-order valence-corrected chi connectivity index (χ4v) is 2.24. The number of rotatable bonds is 9. The fraction of sp³-hybridized carbons (Fsp3) is 0.562. The van der Waals surface area contributed by atoms with Gasteiger partial charge in [0.25, 0.3) is 5.91 Å². The highest BCUT2D eigenvalue weighted by Crippen LogP contribution is 2.29. The minimum absolute atomic E-state index is 0.121. The molecule has 0 fully saturated rings. The number of halogens is 1. The largest absolute Gasteiger partial charge is 0.479 e. The van der Waals surface area contributed by atoms with E-state index in [4.69, 9.17) is 22.1 Å². The third-order valence-electron chi connectivity index (χ3n) is 3.21. The molecule has 3 N–H and O–H groups in total. The molecule has 0 saturated heterocycles. The van der Waals surface area contributed by atoms with Gasteiger partial charge in [-0.25, -0.2) is 0 Å². The maximum Gasteiger partial charge on any atom is 0.260 e. The van der Waals surface area contributed by atoms with Crippen molar-refractivity contribution in [3.63, 3.8) is 0 Å². The number of unbranched alkanes of at least 4 members (excludes halogenated alkanes) is 2. The van der Waals surface area contributed by atoms with E-state index in [0.717, 1.165) is 24.8 Å². The van der Waals surface area contributed by atoms with Gasteiger partial charge in [-0.05, 0) is 37.9 Å². The fourth-order valence-electron chi connectivity index (χ4n) is 2.00. The van der Waals surface area contributed by atoms with E-state index in [-0.39, 0.29) is 5.91 Å². The predicted octanol–water partition coefficient (Wildman–Crippen LogP) is 2.91. The summed E-state index contributed by atoms with van der Waals surface area (Å²) >= 11 is 6.16. The van der Waals surface area contributed by atoms with Crippen molar-refractivity contribution < 1.29 is 9.53 Å². The van der Waals surface area contributed by atoms with Crippen LogP contribution in [0.5, 0.6) is 5.75 Å². The lowest BCUT2D eigenvalue weighted by molar-refractivity contribution is -0.127. The van der Waals surface area contributed by atoms with Gasteiger partial charge in [0, 0.05) is 6.54 Å². The number of hydrogen-bond donors (Lipinski definition) is 2. The Bertz CT molecular complexity index is 452. The van der Waals surface area contributed by atoms with Gasteiger partial charge in [-0.15, -0.1) is 0 Å². The summed E-state index contributed by atoms with van der Waals surface area (Å²) in [7, 11) is 0. The zero-order valence-electron chi connectivity index (χ0n) is 12.8. The van der Waals surface area contributed by atoms with Crippen molar-refractivity contribution in [2.75, 3.05) is 13.1 Å². The third kappa shape index (κ3) is 5.94. The standard InChI is InChI=1S/C16H25ClN2O2/c1-3-4-5-11-19-16(20)12(2)21-15-13(9-10-18)7-6-8-14(15)17/h6-8,12H,3-5,9-11,18H2,1-2H3,(H,19,20). The Hall–Kier alpha value is -1.26. The monoisotopic (exact) mass is 312 g/mol. The van der Waals surface area contributed by atoms with Crippen LogP contribution in [0.25, 0.3) is 0 Å². The molecule has 0 aliphatic rings. The first-order valence-corrected chi connectivity index (χ1v) is 7.89. The molecule has 0 radical (unpaired) electrons. The van der Waals surface area contributed by atoms with Crippen LogP contribution in [-0.2, 0) is 11.2 Å². The molecule has 0 heterocycles. The van der Waals surface area contributed by atoms with Crippen molar-refractivity contribution in [1.82, 2.24) is 5.32 Å². The third-order valence-corrected chi connectivity index (χ3v) is 3.50. The Kier molecular flexibility index (Phi) is 8.16. The van der Waals surface area contributed by atoms with Crippen LogP contribution < -0.4 is 15.8 Å². The summed E-state index contributed by atoms with van der Waals surface area (Å²) in [5.74, 6) is 0.436. The summed E-state index contributed by atoms with van der Waals surface area (Å²) in [6.07, 6.45) is 3.31. The van der Waals surface area contributed by atoms with Crippen molar-refractivity contribution in [2.45, 2.75) is 45.6 Å². The van der Waals surface area contributed by atoms with Crippen LogP contribution in [0.15, 0.2) is 18.2 Å². The molecular weight excluding hydrogens is 288 g/mol. The molecule has 1 aromatic rings. The quantitative estimate of drug-likeness (QED) is 0.689. The molecule has 0 aromatic heterocycles. The second kappa shape index (κ2) is 9.64. The van der Waals surface area contributed by atoms with Crippen molar-refractivity contribution in [1.29, 1.82) is 0 Å². The van der Waals surface area contributed by atoms with Gasteiger partial charge in [-0.2, -0.15) is 0 Å². The Morgan fingerprint density at radius 1 is 1.43 bits per heavy atom. The van der Waals surface area contributed by atoms with E-state index in [2.05, 4.69) is 12.2 Å². The molecule has 0 spiro atoms. The Morgan fingerprint density at radius 2 is 2.19 bits per heavy atom. The first-order chi connectivity index (χ1) is 10.1. The number of carbonyl (C=O) groups is 1. The van der Waals surface area contributed by atoms with E-state index in [1.54, 1.807) is 13.0 Å². The topological polar surface area (TPSA) is 64.3 Å². The van der Waals surface area contributed by atoms with Gasteiger partial charge < -0.3 is 15.8 Å². The van der Waals surface area contributed by atoms with E-state index < -0.39 is 6.10 Å². The second-order valence-corrected chi connectivity index (χ2v) is 5.43. The Labute approximate surface area is 132 Å². The molecule has 0 aliphatic carbocycles. The molecule has 1 rings (SSSR count). The number of para-hydroxylation sites is 1. The molecule has 21 heavy (non-hydrogen) atoms. The zero-order chi connectivity index (χ0) is 15.7. The van der Waals surface area contributed by atoms with E-state index in [0.29, 0.717) is 30.3 Å².